The summed E-state index contributed by atoms with van der Waals surface area (Å²) in [6, 6.07) is 13.2. The van der Waals surface area contributed by atoms with E-state index in [1.54, 1.807) is 0 Å². The predicted octanol–water partition coefficient (Wildman–Crippen LogP) is 6.59. The Kier molecular flexibility index (Phi) is 8.98. The number of carboxylic acid groups (broad SMARTS) is 1. The first kappa shape index (κ1) is 26.3. The molecule has 0 radical (unpaired) electrons. The van der Waals surface area contributed by atoms with E-state index in [-0.39, 0.29) is 12.5 Å². The van der Waals surface area contributed by atoms with E-state index in [1.807, 2.05) is 19.1 Å². The third-order valence-electron chi connectivity index (χ3n) is 7.62. The molecule has 190 valence electrons. The molecule has 2 heterocycles. The number of hydrogen-bond donors (Lipinski definition) is 2. The molecule has 0 spiro atoms. The summed E-state index contributed by atoms with van der Waals surface area (Å²) < 4.78 is 0. The molecule has 2 aliphatic rings. The summed E-state index contributed by atoms with van der Waals surface area (Å²) in [6.07, 6.45) is 4.86. The Morgan fingerprint density at radius 1 is 1.09 bits per heavy atom. The Labute approximate surface area is 219 Å². The van der Waals surface area contributed by atoms with Crippen LogP contribution in [0.25, 0.3) is 0 Å². The van der Waals surface area contributed by atoms with Gasteiger partial charge in [0.25, 0.3) is 0 Å². The minimum Gasteiger partial charge on any atom is -0.481 e. The maximum Gasteiger partial charge on any atom is 0.304 e. The van der Waals surface area contributed by atoms with Crippen LogP contribution >= 0.6 is 23.2 Å². The minimum absolute atomic E-state index is 0.0491. The van der Waals surface area contributed by atoms with Gasteiger partial charge in [0.15, 0.2) is 0 Å². The van der Waals surface area contributed by atoms with Crippen LogP contribution in [0.1, 0.15) is 67.7 Å². The van der Waals surface area contributed by atoms with Gasteiger partial charge in [-0.2, -0.15) is 0 Å². The van der Waals surface area contributed by atoms with Gasteiger partial charge in [0.1, 0.15) is 0 Å². The largest absolute Gasteiger partial charge is 0.481 e. The molecule has 2 saturated heterocycles. The van der Waals surface area contributed by atoms with Crippen LogP contribution in [0.3, 0.4) is 0 Å². The van der Waals surface area contributed by atoms with E-state index in [0.717, 1.165) is 72.3 Å². The highest BCUT2D eigenvalue weighted by atomic mass is 35.5. The molecule has 2 atom stereocenters. The third kappa shape index (κ3) is 6.91. The van der Waals surface area contributed by atoms with Crippen LogP contribution in [0.15, 0.2) is 36.4 Å². The molecule has 0 unspecified atom stereocenters. The molecule has 4 rings (SSSR count). The fourth-order valence-corrected chi connectivity index (χ4v) is 6.16. The molecule has 0 aliphatic carbocycles. The summed E-state index contributed by atoms with van der Waals surface area (Å²) in [5.74, 6) is -0.185. The van der Waals surface area contributed by atoms with Crippen molar-refractivity contribution in [3.05, 3.63) is 63.1 Å². The number of piperidine rings is 2. The first-order valence-corrected chi connectivity index (χ1v) is 13.6. The smallest absolute Gasteiger partial charge is 0.304 e. The van der Waals surface area contributed by atoms with Crippen molar-refractivity contribution in [2.24, 2.45) is 0 Å². The number of anilines is 1. The molecule has 7 heteroatoms. The number of aryl methyl sites for hydroxylation is 1. The molecule has 2 aromatic carbocycles. The summed E-state index contributed by atoms with van der Waals surface area (Å²) in [5.41, 5.74) is 4.51. The predicted molar refractivity (Wildman–Crippen MR) is 145 cm³/mol. The zero-order valence-corrected chi connectivity index (χ0v) is 22.3. The summed E-state index contributed by atoms with van der Waals surface area (Å²) in [7, 11) is 0. The number of nitrogens with zero attached hydrogens (tertiary/aromatic N) is 2. The Morgan fingerprint density at radius 2 is 1.86 bits per heavy atom. The maximum absolute atomic E-state index is 10.9. The van der Waals surface area contributed by atoms with Gasteiger partial charge < -0.3 is 15.3 Å². The van der Waals surface area contributed by atoms with Gasteiger partial charge in [0.2, 0.25) is 0 Å². The number of benzene rings is 2. The van der Waals surface area contributed by atoms with E-state index in [9.17, 15) is 4.79 Å². The monoisotopic (exact) mass is 517 g/mol. The van der Waals surface area contributed by atoms with Crippen LogP contribution in [0.2, 0.25) is 10.0 Å². The van der Waals surface area contributed by atoms with E-state index < -0.39 is 5.97 Å². The van der Waals surface area contributed by atoms with Crippen LogP contribution in [0.5, 0.6) is 0 Å². The van der Waals surface area contributed by atoms with E-state index in [2.05, 4.69) is 46.3 Å². The fraction of sp³-hybridized carbons (Fsp3) is 0.536. The number of rotatable bonds is 8. The Morgan fingerprint density at radius 3 is 2.57 bits per heavy atom. The van der Waals surface area contributed by atoms with Gasteiger partial charge >= 0.3 is 5.97 Å². The molecule has 0 amide bonds. The molecular formula is C28H37Cl2N3O2. The topological polar surface area (TPSA) is 55.8 Å². The summed E-state index contributed by atoms with van der Waals surface area (Å²) in [6.45, 7) is 9.01. The van der Waals surface area contributed by atoms with Crippen molar-refractivity contribution < 1.29 is 9.90 Å². The van der Waals surface area contributed by atoms with E-state index in [1.165, 1.54) is 12.0 Å². The molecule has 2 N–H and O–H groups in total. The molecule has 0 saturated carbocycles. The SMILES string of the molecule is Cc1ccc([C@@H](C)Nc2cc(C3CCN([C@@H]4CCCN(CCC(=O)O)C4)CC3)ccc2Cl)c(Cl)c1. The lowest BCUT2D eigenvalue weighted by Crippen LogP contribution is -2.50. The molecule has 2 fully saturated rings. The second-order valence-electron chi connectivity index (χ2n) is 10.2. The van der Waals surface area contributed by atoms with Crippen LogP contribution < -0.4 is 5.32 Å². The van der Waals surface area contributed by atoms with Gasteiger partial charge in [-0.05, 0) is 100.0 Å². The zero-order chi connectivity index (χ0) is 24.9. The highest BCUT2D eigenvalue weighted by Gasteiger charge is 2.29. The molecule has 0 bridgehead atoms. The number of nitrogens with one attached hydrogen (secondary N) is 1. The summed E-state index contributed by atoms with van der Waals surface area (Å²) in [5, 5.41) is 14.1. The normalized spacial score (nSPS) is 21.1. The number of aliphatic carboxylic acids is 1. The van der Waals surface area contributed by atoms with Crippen molar-refractivity contribution in [3.63, 3.8) is 0 Å². The molecule has 5 nitrogen and oxygen atoms in total. The quantitative estimate of drug-likeness (QED) is 0.413. The van der Waals surface area contributed by atoms with E-state index >= 15 is 0 Å². The standard InChI is InChI=1S/C28H37Cl2N3O2/c1-19-5-7-24(26(30)16-19)20(2)31-27-17-22(6-8-25(27)29)21-9-14-33(15-10-21)23-4-3-12-32(18-23)13-11-28(34)35/h5-8,16-17,20-21,23,31H,3-4,9-15,18H2,1-2H3,(H,34,35)/t20-,23-/m1/s1. The van der Waals surface area contributed by atoms with Crippen molar-refractivity contribution in [3.8, 4) is 0 Å². The molecule has 2 aromatic rings. The molecule has 35 heavy (non-hydrogen) atoms. The number of halogens is 2. The lowest BCUT2D eigenvalue weighted by Gasteiger charge is -2.42. The zero-order valence-electron chi connectivity index (χ0n) is 20.8. The Bertz CT molecular complexity index is 1020. The second kappa shape index (κ2) is 12.0. The summed E-state index contributed by atoms with van der Waals surface area (Å²) >= 11 is 13.1. The van der Waals surface area contributed by atoms with Crippen molar-refractivity contribution in [2.75, 3.05) is 38.0 Å². The van der Waals surface area contributed by atoms with Crippen molar-refractivity contribution in [2.45, 2.75) is 64.0 Å². The average molecular weight is 519 g/mol. The summed E-state index contributed by atoms with van der Waals surface area (Å²) in [4.78, 5) is 15.9. The van der Waals surface area contributed by atoms with Gasteiger partial charge in [-0.15, -0.1) is 0 Å². The van der Waals surface area contributed by atoms with Gasteiger partial charge in [0.05, 0.1) is 23.2 Å². The van der Waals surface area contributed by atoms with Crippen LogP contribution in [0, 0.1) is 6.92 Å². The third-order valence-corrected chi connectivity index (χ3v) is 8.28. The molecule has 2 aliphatic heterocycles. The van der Waals surface area contributed by atoms with Crippen LogP contribution in [0.4, 0.5) is 5.69 Å². The van der Waals surface area contributed by atoms with Crippen LogP contribution in [-0.4, -0.2) is 59.6 Å². The number of hydrogen-bond acceptors (Lipinski definition) is 4. The first-order valence-electron chi connectivity index (χ1n) is 12.8. The minimum atomic E-state index is -0.707. The fourth-order valence-electron chi connectivity index (χ4n) is 5.59. The van der Waals surface area contributed by atoms with Crippen molar-refractivity contribution in [1.29, 1.82) is 0 Å². The number of carbonyl (C=O) groups is 1. The average Bonchev–Trinajstić information content (AvgIpc) is 2.84. The van der Waals surface area contributed by atoms with Gasteiger partial charge in [-0.25, -0.2) is 0 Å². The number of carboxylic acids is 1. The first-order chi connectivity index (χ1) is 16.8. The van der Waals surface area contributed by atoms with E-state index in [0.29, 0.717) is 18.5 Å². The number of likely N-dealkylation sites (tertiary alicyclic amines) is 2. The van der Waals surface area contributed by atoms with E-state index in [4.69, 9.17) is 28.3 Å². The Hall–Kier alpha value is -1.79. The van der Waals surface area contributed by atoms with Crippen LogP contribution in [-0.2, 0) is 4.79 Å². The lowest BCUT2D eigenvalue weighted by atomic mass is 9.88. The van der Waals surface area contributed by atoms with Crippen molar-refractivity contribution in [1.82, 2.24) is 9.80 Å². The van der Waals surface area contributed by atoms with Gasteiger partial charge in [-0.1, -0.05) is 41.4 Å². The molecule has 0 aromatic heterocycles. The van der Waals surface area contributed by atoms with Gasteiger partial charge in [0, 0.05) is 24.2 Å². The Balaban J connectivity index is 1.35. The maximum atomic E-state index is 10.9. The van der Waals surface area contributed by atoms with Crippen molar-refractivity contribution >= 4 is 34.9 Å². The molecular weight excluding hydrogens is 481 g/mol. The second-order valence-corrected chi connectivity index (χ2v) is 11.0. The van der Waals surface area contributed by atoms with Gasteiger partial charge in [-0.3, -0.25) is 9.69 Å². The lowest BCUT2D eigenvalue weighted by molar-refractivity contribution is -0.137. The highest BCUT2D eigenvalue weighted by Crippen LogP contribution is 2.36. The highest BCUT2D eigenvalue weighted by molar-refractivity contribution is 6.33.